The monoisotopic (exact) mass is 271 g/mol. The molecular formula is C15H15N2O3. The Morgan fingerprint density at radius 3 is 2.80 bits per heavy atom. The van der Waals surface area contributed by atoms with Gasteiger partial charge in [0.15, 0.2) is 5.78 Å². The van der Waals surface area contributed by atoms with Gasteiger partial charge in [0.25, 0.3) is 0 Å². The lowest BCUT2D eigenvalue weighted by molar-refractivity contribution is -0.141. The third-order valence-electron chi connectivity index (χ3n) is 3.74. The molecular weight excluding hydrogens is 256 g/mol. The summed E-state index contributed by atoms with van der Waals surface area (Å²) in [6.45, 7) is 3.34. The number of piperazine rings is 1. The number of ketones is 1. The normalized spacial score (nSPS) is 21.7. The lowest BCUT2D eigenvalue weighted by atomic mass is 9.84. The second kappa shape index (κ2) is 5.09. The van der Waals surface area contributed by atoms with Crippen molar-refractivity contribution >= 4 is 23.5 Å². The number of hydrogen-bond donors (Lipinski definition) is 2. The summed E-state index contributed by atoms with van der Waals surface area (Å²) in [5, 5.41) is 12.6. The van der Waals surface area contributed by atoms with Gasteiger partial charge in [-0.2, -0.15) is 0 Å². The predicted molar refractivity (Wildman–Crippen MR) is 74.6 cm³/mol. The molecule has 1 heterocycles. The van der Waals surface area contributed by atoms with E-state index in [2.05, 4.69) is 16.3 Å². The van der Waals surface area contributed by atoms with E-state index in [0.29, 0.717) is 5.56 Å². The summed E-state index contributed by atoms with van der Waals surface area (Å²) in [6, 6.07) is 5.62. The molecule has 1 aliphatic carbocycles. The lowest BCUT2D eigenvalue weighted by Gasteiger charge is -2.33. The van der Waals surface area contributed by atoms with E-state index >= 15 is 0 Å². The van der Waals surface area contributed by atoms with Gasteiger partial charge in [0.2, 0.25) is 0 Å². The number of hydrogen-bond acceptors (Lipinski definition) is 4. The molecule has 1 saturated heterocycles. The minimum Gasteiger partial charge on any atom is -0.480 e. The Labute approximate surface area is 116 Å². The van der Waals surface area contributed by atoms with Crippen LogP contribution in [0.5, 0.6) is 0 Å². The van der Waals surface area contributed by atoms with Crippen molar-refractivity contribution in [3.8, 4) is 0 Å². The van der Waals surface area contributed by atoms with E-state index in [-0.39, 0.29) is 0 Å². The number of carboxylic acid groups (broad SMARTS) is 1. The average molecular weight is 271 g/mol. The molecule has 1 unspecified atom stereocenters. The third-order valence-corrected chi connectivity index (χ3v) is 3.74. The van der Waals surface area contributed by atoms with Gasteiger partial charge < -0.3 is 15.3 Å². The van der Waals surface area contributed by atoms with Crippen molar-refractivity contribution in [2.45, 2.75) is 5.92 Å². The quantitative estimate of drug-likeness (QED) is 0.773. The maximum absolute atomic E-state index is 11.9. The number of rotatable bonds is 2. The van der Waals surface area contributed by atoms with Crippen LogP contribution in [0.3, 0.4) is 0 Å². The van der Waals surface area contributed by atoms with Crippen molar-refractivity contribution in [1.29, 1.82) is 0 Å². The minimum absolute atomic E-state index is 0.479. The van der Waals surface area contributed by atoms with Crippen molar-refractivity contribution in [2.75, 3.05) is 31.1 Å². The first-order valence-corrected chi connectivity index (χ1v) is 6.63. The predicted octanol–water partition coefficient (Wildman–Crippen LogP) is 0.663. The number of allylic oxidation sites excluding steroid dienone is 1. The number of nitrogens with one attached hydrogen (secondary N) is 1. The first kappa shape index (κ1) is 12.9. The summed E-state index contributed by atoms with van der Waals surface area (Å²) in [6.07, 6.45) is 4.11. The number of Topliss-reactive ketones (excluding diaryl/α,β-unsaturated/α-hetero) is 1. The van der Waals surface area contributed by atoms with Gasteiger partial charge in [-0.25, -0.2) is 0 Å². The number of fused-ring (bicyclic) bond motifs is 1. The van der Waals surface area contributed by atoms with Crippen LogP contribution in [0.4, 0.5) is 5.69 Å². The highest BCUT2D eigenvalue weighted by Crippen LogP contribution is 2.35. The SMILES string of the molecule is O=C(O)C1C(=O)[C]=Cc2cccc(N3CCNCC3)c21. The molecule has 5 nitrogen and oxygen atoms in total. The van der Waals surface area contributed by atoms with Gasteiger partial charge in [-0.1, -0.05) is 12.1 Å². The van der Waals surface area contributed by atoms with Gasteiger partial charge in [0, 0.05) is 43.5 Å². The van der Waals surface area contributed by atoms with Gasteiger partial charge in [0.05, 0.1) is 0 Å². The fraction of sp³-hybridized carbons (Fsp3) is 0.333. The first-order valence-electron chi connectivity index (χ1n) is 6.63. The van der Waals surface area contributed by atoms with Crippen LogP contribution in [0, 0.1) is 6.08 Å². The topological polar surface area (TPSA) is 69.6 Å². The molecule has 1 atom stereocenters. The van der Waals surface area contributed by atoms with Crippen LogP contribution in [-0.2, 0) is 9.59 Å². The Kier molecular flexibility index (Phi) is 3.28. The highest BCUT2D eigenvalue weighted by atomic mass is 16.4. The van der Waals surface area contributed by atoms with Gasteiger partial charge in [-0.05, 0) is 17.7 Å². The van der Waals surface area contributed by atoms with E-state index in [1.54, 1.807) is 6.08 Å². The zero-order chi connectivity index (χ0) is 14.1. The molecule has 1 aromatic carbocycles. The van der Waals surface area contributed by atoms with Crippen molar-refractivity contribution in [1.82, 2.24) is 5.32 Å². The van der Waals surface area contributed by atoms with Crippen LogP contribution < -0.4 is 10.2 Å². The number of carbonyl (C=O) groups excluding carboxylic acids is 1. The zero-order valence-electron chi connectivity index (χ0n) is 10.9. The standard InChI is InChI=1S/C15H15N2O3/c18-12-5-4-10-2-1-3-11(13(10)14(12)15(19)20)17-8-6-16-7-9-17/h1-4,14,16H,6-9H2,(H,19,20). The number of carbonyl (C=O) groups is 2. The molecule has 20 heavy (non-hydrogen) atoms. The van der Waals surface area contributed by atoms with E-state index in [4.69, 9.17) is 0 Å². The summed E-state index contributed by atoms with van der Waals surface area (Å²) < 4.78 is 0. The largest absolute Gasteiger partial charge is 0.480 e. The summed E-state index contributed by atoms with van der Waals surface area (Å²) in [5.74, 6) is -2.73. The summed E-state index contributed by atoms with van der Waals surface area (Å²) in [5.41, 5.74) is 2.22. The molecule has 0 amide bonds. The summed E-state index contributed by atoms with van der Waals surface area (Å²) >= 11 is 0. The van der Waals surface area contributed by atoms with Crippen LogP contribution >= 0.6 is 0 Å². The number of benzene rings is 1. The third kappa shape index (κ3) is 2.10. The maximum atomic E-state index is 11.9. The number of aliphatic carboxylic acids is 1. The van der Waals surface area contributed by atoms with Crippen LogP contribution in [0.15, 0.2) is 18.2 Å². The smallest absolute Gasteiger partial charge is 0.319 e. The fourth-order valence-corrected chi connectivity index (χ4v) is 2.79. The molecule has 2 aliphatic rings. The first-order chi connectivity index (χ1) is 9.68. The van der Waals surface area contributed by atoms with Crippen LogP contribution in [0.1, 0.15) is 17.0 Å². The molecule has 3 rings (SSSR count). The van der Waals surface area contributed by atoms with E-state index in [1.807, 2.05) is 18.2 Å². The average Bonchev–Trinajstić information content (AvgIpc) is 2.47. The van der Waals surface area contributed by atoms with Gasteiger partial charge in [-0.15, -0.1) is 0 Å². The molecule has 0 spiro atoms. The van der Waals surface area contributed by atoms with Crippen LogP contribution in [-0.4, -0.2) is 43.0 Å². The molecule has 5 heteroatoms. The number of nitrogens with zero attached hydrogens (tertiary/aromatic N) is 1. The molecule has 1 aliphatic heterocycles. The Bertz CT molecular complexity index is 589. The van der Waals surface area contributed by atoms with E-state index in [0.717, 1.165) is 37.4 Å². The van der Waals surface area contributed by atoms with E-state index in [1.165, 1.54) is 0 Å². The second-order valence-electron chi connectivity index (χ2n) is 4.94. The second-order valence-corrected chi connectivity index (χ2v) is 4.94. The number of carboxylic acids is 1. The Hall–Kier alpha value is -2.14. The fourth-order valence-electron chi connectivity index (χ4n) is 2.79. The van der Waals surface area contributed by atoms with Gasteiger partial charge in [-0.3, -0.25) is 9.59 Å². The van der Waals surface area contributed by atoms with Crippen molar-refractivity contribution in [3.63, 3.8) is 0 Å². The van der Waals surface area contributed by atoms with Crippen molar-refractivity contribution in [3.05, 3.63) is 35.4 Å². The molecule has 1 aromatic rings. The number of anilines is 1. The molecule has 103 valence electrons. The molecule has 1 fully saturated rings. The van der Waals surface area contributed by atoms with Crippen LogP contribution in [0.25, 0.3) is 6.08 Å². The molecule has 0 bridgehead atoms. The minimum atomic E-state index is -1.14. The van der Waals surface area contributed by atoms with Crippen molar-refractivity contribution < 1.29 is 14.7 Å². The highest BCUT2D eigenvalue weighted by molar-refractivity contribution is 6.12. The molecule has 0 saturated carbocycles. The van der Waals surface area contributed by atoms with E-state index in [9.17, 15) is 14.7 Å². The maximum Gasteiger partial charge on any atom is 0.319 e. The molecule has 1 radical (unpaired) electrons. The highest BCUT2D eigenvalue weighted by Gasteiger charge is 2.34. The van der Waals surface area contributed by atoms with Crippen LogP contribution in [0.2, 0.25) is 0 Å². The Morgan fingerprint density at radius 2 is 2.10 bits per heavy atom. The van der Waals surface area contributed by atoms with Gasteiger partial charge >= 0.3 is 5.97 Å². The Morgan fingerprint density at radius 1 is 1.35 bits per heavy atom. The molecule has 0 aromatic heterocycles. The molecule has 2 N–H and O–H groups in total. The zero-order valence-corrected chi connectivity index (χ0v) is 10.9. The van der Waals surface area contributed by atoms with E-state index < -0.39 is 17.7 Å². The lowest BCUT2D eigenvalue weighted by Crippen LogP contribution is -2.44. The van der Waals surface area contributed by atoms with Crippen molar-refractivity contribution in [2.24, 2.45) is 0 Å². The summed E-state index contributed by atoms with van der Waals surface area (Å²) in [4.78, 5) is 25.5. The van der Waals surface area contributed by atoms with Gasteiger partial charge in [0.1, 0.15) is 5.92 Å². The Balaban J connectivity index is 2.11. The summed E-state index contributed by atoms with van der Waals surface area (Å²) in [7, 11) is 0.